The van der Waals surface area contributed by atoms with E-state index >= 15 is 0 Å². The quantitative estimate of drug-likeness (QED) is 0.788. The van der Waals surface area contributed by atoms with Crippen LogP contribution in [-0.2, 0) is 0 Å². The van der Waals surface area contributed by atoms with E-state index < -0.39 is 0 Å². The van der Waals surface area contributed by atoms with Crippen molar-refractivity contribution in [2.75, 3.05) is 18.5 Å². The van der Waals surface area contributed by atoms with Gasteiger partial charge >= 0.3 is 0 Å². The number of hydrogen-bond donors (Lipinski definition) is 1. The Bertz CT molecular complexity index is 635. The third-order valence-corrected chi connectivity index (χ3v) is 2.89. The first-order valence-corrected chi connectivity index (χ1v) is 7.11. The molecule has 0 aliphatic heterocycles. The molecule has 0 fully saturated rings. The standard InChI is InChI=1S/C18H19NO3/c1-3-12-22-17-7-5-6-14(13-17)18(20)19-15-8-10-16(11-9-15)21-4-2/h3,5-11,13H,1,4,12H2,2H3,(H,19,20). The van der Waals surface area contributed by atoms with Crippen LogP contribution in [-0.4, -0.2) is 19.1 Å². The third kappa shape index (κ3) is 4.38. The van der Waals surface area contributed by atoms with E-state index in [2.05, 4.69) is 11.9 Å². The Morgan fingerprint density at radius 1 is 1.14 bits per heavy atom. The molecule has 0 aliphatic rings. The number of nitrogens with one attached hydrogen (secondary N) is 1. The van der Waals surface area contributed by atoms with Crippen LogP contribution in [0.25, 0.3) is 0 Å². The van der Waals surface area contributed by atoms with Crippen LogP contribution in [0.5, 0.6) is 11.5 Å². The molecule has 114 valence electrons. The average molecular weight is 297 g/mol. The van der Waals surface area contributed by atoms with Gasteiger partial charge in [0.05, 0.1) is 6.61 Å². The van der Waals surface area contributed by atoms with Gasteiger partial charge in [0.1, 0.15) is 18.1 Å². The van der Waals surface area contributed by atoms with Crippen molar-refractivity contribution in [3.05, 3.63) is 66.7 Å². The fourth-order valence-corrected chi connectivity index (χ4v) is 1.89. The molecular weight excluding hydrogens is 278 g/mol. The van der Waals surface area contributed by atoms with Crippen LogP contribution in [0.3, 0.4) is 0 Å². The summed E-state index contributed by atoms with van der Waals surface area (Å²) in [5.74, 6) is 1.23. The van der Waals surface area contributed by atoms with Crippen molar-refractivity contribution >= 4 is 11.6 Å². The van der Waals surface area contributed by atoms with Gasteiger partial charge in [0.2, 0.25) is 0 Å². The summed E-state index contributed by atoms with van der Waals surface area (Å²) in [4.78, 5) is 12.2. The van der Waals surface area contributed by atoms with Gasteiger partial charge in [-0.15, -0.1) is 0 Å². The smallest absolute Gasteiger partial charge is 0.255 e. The summed E-state index contributed by atoms with van der Waals surface area (Å²) in [6, 6.07) is 14.3. The topological polar surface area (TPSA) is 47.6 Å². The van der Waals surface area contributed by atoms with E-state index in [0.717, 1.165) is 5.75 Å². The van der Waals surface area contributed by atoms with Crippen LogP contribution in [0.2, 0.25) is 0 Å². The van der Waals surface area contributed by atoms with Crippen molar-refractivity contribution in [1.82, 2.24) is 0 Å². The van der Waals surface area contributed by atoms with E-state index in [0.29, 0.717) is 30.2 Å². The van der Waals surface area contributed by atoms with E-state index in [1.54, 1.807) is 42.5 Å². The molecule has 2 aromatic carbocycles. The van der Waals surface area contributed by atoms with Gasteiger partial charge in [0.15, 0.2) is 0 Å². The molecule has 2 rings (SSSR count). The summed E-state index contributed by atoms with van der Waals surface area (Å²) >= 11 is 0. The molecule has 2 aromatic rings. The molecule has 0 unspecified atom stereocenters. The van der Waals surface area contributed by atoms with Crippen LogP contribution >= 0.6 is 0 Å². The van der Waals surface area contributed by atoms with Crippen LogP contribution in [0.4, 0.5) is 5.69 Å². The number of ether oxygens (including phenoxy) is 2. The maximum atomic E-state index is 12.2. The fourth-order valence-electron chi connectivity index (χ4n) is 1.89. The molecule has 0 saturated heterocycles. The Hall–Kier alpha value is -2.75. The highest BCUT2D eigenvalue weighted by atomic mass is 16.5. The van der Waals surface area contributed by atoms with Crippen molar-refractivity contribution in [3.8, 4) is 11.5 Å². The lowest BCUT2D eigenvalue weighted by atomic mass is 10.2. The van der Waals surface area contributed by atoms with Crippen molar-refractivity contribution in [2.24, 2.45) is 0 Å². The van der Waals surface area contributed by atoms with E-state index in [1.165, 1.54) is 0 Å². The molecule has 22 heavy (non-hydrogen) atoms. The molecule has 1 amide bonds. The second kappa shape index (κ2) is 7.88. The van der Waals surface area contributed by atoms with Gasteiger partial charge in [-0.3, -0.25) is 4.79 Å². The van der Waals surface area contributed by atoms with Crippen molar-refractivity contribution < 1.29 is 14.3 Å². The number of amides is 1. The normalized spacial score (nSPS) is 9.86. The second-order valence-electron chi connectivity index (χ2n) is 4.54. The first kappa shape index (κ1) is 15.6. The lowest BCUT2D eigenvalue weighted by Gasteiger charge is -2.08. The molecule has 0 atom stereocenters. The van der Waals surface area contributed by atoms with Crippen LogP contribution in [0.1, 0.15) is 17.3 Å². The van der Waals surface area contributed by atoms with Gasteiger partial charge in [-0.25, -0.2) is 0 Å². The number of carbonyl (C=O) groups is 1. The number of carbonyl (C=O) groups excluding carboxylic acids is 1. The first-order valence-electron chi connectivity index (χ1n) is 7.11. The minimum Gasteiger partial charge on any atom is -0.494 e. The Balaban J connectivity index is 2.03. The second-order valence-corrected chi connectivity index (χ2v) is 4.54. The molecule has 0 bridgehead atoms. The molecule has 0 saturated carbocycles. The van der Waals surface area contributed by atoms with E-state index in [9.17, 15) is 4.79 Å². The average Bonchev–Trinajstić information content (AvgIpc) is 2.55. The van der Waals surface area contributed by atoms with Gasteiger partial charge < -0.3 is 14.8 Å². The summed E-state index contributed by atoms with van der Waals surface area (Å²) in [5.41, 5.74) is 1.25. The van der Waals surface area contributed by atoms with E-state index in [4.69, 9.17) is 9.47 Å². The monoisotopic (exact) mass is 297 g/mol. The van der Waals surface area contributed by atoms with Crippen molar-refractivity contribution in [2.45, 2.75) is 6.92 Å². The van der Waals surface area contributed by atoms with Crippen LogP contribution in [0.15, 0.2) is 61.2 Å². The SMILES string of the molecule is C=CCOc1cccc(C(=O)Nc2ccc(OCC)cc2)c1. The Morgan fingerprint density at radius 2 is 1.91 bits per heavy atom. The van der Waals surface area contributed by atoms with Gasteiger partial charge in [-0.05, 0) is 49.4 Å². The zero-order valence-corrected chi connectivity index (χ0v) is 12.5. The van der Waals surface area contributed by atoms with E-state index in [-0.39, 0.29) is 5.91 Å². The fraction of sp³-hybridized carbons (Fsp3) is 0.167. The van der Waals surface area contributed by atoms with Crippen LogP contribution < -0.4 is 14.8 Å². The minimum absolute atomic E-state index is 0.187. The summed E-state index contributed by atoms with van der Waals surface area (Å²) in [5, 5.41) is 2.84. The molecular formula is C18H19NO3. The highest BCUT2D eigenvalue weighted by Crippen LogP contribution is 2.18. The molecule has 0 spiro atoms. The summed E-state index contributed by atoms with van der Waals surface area (Å²) in [7, 11) is 0. The van der Waals surface area contributed by atoms with Crippen molar-refractivity contribution in [1.29, 1.82) is 0 Å². The molecule has 0 aliphatic carbocycles. The van der Waals surface area contributed by atoms with Gasteiger partial charge in [0.25, 0.3) is 5.91 Å². The highest BCUT2D eigenvalue weighted by Gasteiger charge is 2.07. The third-order valence-electron chi connectivity index (χ3n) is 2.89. The van der Waals surface area contributed by atoms with Gasteiger partial charge in [0, 0.05) is 11.3 Å². The summed E-state index contributed by atoms with van der Waals surface area (Å²) < 4.78 is 10.8. The zero-order valence-electron chi connectivity index (χ0n) is 12.5. The molecule has 4 heteroatoms. The summed E-state index contributed by atoms with van der Waals surface area (Å²) in [6.45, 7) is 6.54. The number of rotatable bonds is 7. The number of anilines is 1. The van der Waals surface area contributed by atoms with Gasteiger partial charge in [-0.1, -0.05) is 18.7 Å². The number of benzene rings is 2. The minimum atomic E-state index is -0.187. The predicted octanol–water partition coefficient (Wildman–Crippen LogP) is 3.90. The molecule has 4 nitrogen and oxygen atoms in total. The Labute approximate surface area is 130 Å². The maximum absolute atomic E-state index is 12.2. The van der Waals surface area contributed by atoms with Gasteiger partial charge in [-0.2, -0.15) is 0 Å². The van der Waals surface area contributed by atoms with Crippen molar-refractivity contribution in [3.63, 3.8) is 0 Å². The molecule has 0 aromatic heterocycles. The predicted molar refractivity (Wildman–Crippen MR) is 87.7 cm³/mol. The molecule has 0 radical (unpaired) electrons. The number of hydrogen-bond acceptors (Lipinski definition) is 3. The lowest BCUT2D eigenvalue weighted by molar-refractivity contribution is 0.102. The summed E-state index contributed by atoms with van der Waals surface area (Å²) in [6.07, 6.45) is 1.66. The largest absolute Gasteiger partial charge is 0.494 e. The zero-order chi connectivity index (χ0) is 15.8. The highest BCUT2D eigenvalue weighted by molar-refractivity contribution is 6.04. The van der Waals surface area contributed by atoms with Crippen LogP contribution in [0, 0.1) is 0 Å². The lowest BCUT2D eigenvalue weighted by Crippen LogP contribution is -2.12. The van der Waals surface area contributed by atoms with E-state index in [1.807, 2.05) is 19.1 Å². The Kier molecular flexibility index (Phi) is 5.60. The molecule has 1 N–H and O–H groups in total. The first-order chi connectivity index (χ1) is 10.7. The molecule has 0 heterocycles. The maximum Gasteiger partial charge on any atom is 0.255 e. The Morgan fingerprint density at radius 3 is 2.59 bits per heavy atom.